The molecule has 0 radical (unpaired) electrons. The molecule has 15 heavy (non-hydrogen) atoms. The summed E-state index contributed by atoms with van der Waals surface area (Å²) in [5.41, 5.74) is 0.641. The van der Waals surface area contributed by atoms with Crippen LogP contribution in [-0.2, 0) is 0 Å². The van der Waals surface area contributed by atoms with E-state index in [2.05, 4.69) is 6.58 Å². The molecule has 4 heteroatoms. The Morgan fingerprint density at radius 2 is 2.00 bits per heavy atom. The number of alkyl halides is 4. The van der Waals surface area contributed by atoms with Gasteiger partial charge in [-0.25, -0.2) is 4.39 Å². The van der Waals surface area contributed by atoms with E-state index in [1.807, 2.05) is 0 Å². The summed E-state index contributed by atoms with van der Waals surface area (Å²) in [6.07, 6.45) is -6.48. The third kappa shape index (κ3) is 3.73. The molecule has 0 aliphatic heterocycles. The van der Waals surface area contributed by atoms with Gasteiger partial charge in [0, 0.05) is 0 Å². The molecule has 0 aromatic heterocycles. The molecule has 82 valence electrons. The van der Waals surface area contributed by atoms with Crippen LogP contribution in [0.15, 0.2) is 30.8 Å². The summed E-state index contributed by atoms with van der Waals surface area (Å²) in [6, 6.07) is 5.86. The first-order valence-electron chi connectivity index (χ1n) is 4.35. The van der Waals surface area contributed by atoms with Crippen molar-refractivity contribution in [1.29, 1.82) is 0 Å². The maximum absolute atomic E-state index is 13.2. The van der Waals surface area contributed by atoms with E-state index >= 15 is 0 Å². The Bertz CT molecular complexity index is 341. The van der Waals surface area contributed by atoms with Crippen molar-refractivity contribution in [1.82, 2.24) is 0 Å². The quantitative estimate of drug-likeness (QED) is 0.664. The first-order chi connectivity index (χ1) is 6.92. The Morgan fingerprint density at radius 3 is 2.53 bits per heavy atom. The van der Waals surface area contributed by atoms with Crippen LogP contribution in [0.5, 0.6) is 0 Å². The highest BCUT2D eigenvalue weighted by Gasteiger charge is 2.32. The van der Waals surface area contributed by atoms with Crippen LogP contribution in [0.1, 0.15) is 23.7 Å². The highest BCUT2D eigenvalue weighted by Crippen LogP contribution is 2.32. The van der Waals surface area contributed by atoms with Gasteiger partial charge in [0.1, 0.15) is 6.17 Å². The molecular weight excluding hydrogens is 208 g/mol. The molecule has 0 saturated carbocycles. The van der Waals surface area contributed by atoms with Crippen molar-refractivity contribution in [3.63, 3.8) is 0 Å². The van der Waals surface area contributed by atoms with E-state index in [1.54, 1.807) is 6.07 Å². The minimum absolute atomic E-state index is 0.0322. The third-order valence-corrected chi connectivity index (χ3v) is 1.92. The van der Waals surface area contributed by atoms with E-state index in [0.717, 1.165) is 0 Å². The van der Waals surface area contributed by atoms with Crippen molar-refractivity contribution in [3.8, 4) is 0 Å². The molecule has 0 bridgehead atoms. The molecular formula is C11H10F4. The zero-order valence-electron chi connectivity index (χ0n) is 7.89. The predicted molar refractivity (Wildman–Crippen MR) is 51.1 cm³/mol. The number of benzene rings is 1. The summed E-state index contributed by atoms with van der Waals surface area (Å²) >= 11 is 0. The molecule has 0 aliphatic rings. The van der Waals surface area contributed by atoms with Crippen molar-refractivity contribution in [2.24, 2.45) is 0 Å². The maximum Gasteiger partial charge on any atom is 0.392 e. The number of hydrogen-bond donors (Lipinski definition) is 0. The van der Waals surface area contributed by atoms with Crippen molar-refractivity contribution in [3.05, 3.63) is 42.0 Å². The van der Waals surface area contributed by atoms with Gasteiger partial charge >= 0.3 is 6.18 Å². The average molecular weight is 218 g/mol. The Morgan fingerprint density at radius 1 is 1.33 bits per heavy atom. The smallest absolute Gasteiger partial charge is 0.242 e. The second kappa shape index (κ2) is 4.47. The minimum atomic E-state index is -4.48. The molecule has 0 N–H and O–H groups in total. The molecule has 0 amide bonds. The van der Waals surface area contributed by atoms with Gasteiger partial charge in [-0.15, -0.1) is 0 Å². The van der Waals surface area contributed by atoms with E-state index in [9.17, 15) is 17.6 Å². The van der Waals surface area contributed by atoms with Crippen LogP contribution in [-0.4, -0.2) is 6.18 Å². The van der Waals surface area contributed by atoms with Crippen molar-refractivity contribution < 1.29 is 17.6 Å². The van der Waals surface area contributed by atoms with E-state index < -0.39 is 18.8 Å². The summed E-state index contributed by atoms with van der Waals surface area (Å²) in [5.74, 6) is 0. The first kappa shape index (κ1) is 11.8. The van der Waals surface area contributed by atoms with Crippen LogP contribution in [0, 0.1) is 0 Å². The van der Waals surface area contributed by atoms with Crippen molar-refractivity contribution >= 4 is 6.08 Å². The standard InChI is InChI=1S/C11H10F4/c1-2-8-4-3-5-9(6-8)10(12)7-11(13,14)15/h2-6,10H,1,7H2. The molecule has 0 saturated heterocycles. The lowest BCUT2D eigenvalue weighted by Crippen LogP contribution is -2.11. The van der Waals surface area contributed by atoms with Gasteiger partial charge in [0.2, 0.25) is 0 Å². The molecule has 1 aromatic carbocycles. The van der Waals surface area contributed by atoms with Gasteiger partial charge in [0.25, 0.3) is 0 Å². The van der Waals surface area contributed by atoms with Crippen LogP contribution in [0.4, 0.5) is 17.6 Å². The summed E-state index contributed by atoms with van der Waals surface area (Å²) in [4.78, 5) is 0. The fourth-order valence-corrected chi connectivity index (χ4v) is 1.20. The Kier molecular flexibility index (Phi) is 3.50. The molecule has 0 fully saturated rings. The molecule has 0 nitrogen and oxygen atoms in total. The molecule has 1 aromatic rings. The lowest BCUT2D eigenvalue weighted by atomic mass is 10.0. The van der Waals surface area contributed by atoms with Gasteiger partial charge in [-0.1, -0.05) is 30.9 Å². The lowest BCUT2D eigenvalue weighted by molar-refractivity contribution is -0.146. The SMILES string of the molecule is C=Cc1cccc(C(F)CC(F)(F)F)c1. The highest BCUT2D eigenvalue weighted by atomic mass is 19.4. The maximum atomic E-state index is 13.2. The van der Waals surface area contributed by atoms with Gasteiger partial charge in [0.05, 0.1) is 6.42 Å². The molecule has 0 aliphatic carbocycles. The minimum Gasteiger partial charge on any atom is -0.242 e. The Balaban J connectivity index is 2.81. The first-order valence-corrected chi connectivity index (χ1v) is 4.35. The second-order valence-electron chi connectivity index (χ2n) is 3.16. The van der Waals surface area contributed by atoms with Crippen molar-refractivity contribution in [2.75, 3.05) is 0 Å². The molecule has 1 unspecified atom stereocenters. The number of rotatable bonds is 3. The molecule has 1 rings (SSSR count). The molecule has 1 atom stereocenters. The fraction of sp³-hybridized carbons (Fsp3) is 0.273. The lowest BCUT2D eigenvalue weighted by Gasteiger charge is -2.11. The normalized spacial score (nSPS) is 13.6. The zero-order chi connectivity index (χ0) is 11.5. The van der Waals surface area contributed by atoms with Gasteiger partial charge in [-0.3, -0.25) is 0 Å². The zero-order valence-corrected chi connectivity index (χ0v) is 7.89. The molecule has 0 heterocycles. The number of halogens is 4. The van der Waals surface area contributed by atoms with E-state index in [1.165, 1.54) is 24.3 Å². The monoisotopic (exact) mass is 218 g/mol. The third-order valence-electron chi connectivity index (χ3n) is 1.92. The van der Waals surface area contributed by atoms with Crippen LogP contribution < -0.4 is 0 Å². The summed E-state index contributed by atoms with van der Waals surface area (Å²) in [7, 11) is 0. The second-order valence-corrected chi connectivity index (χ2v) is 3.16. The van der Waals surface area contributed by atoms with Crippen LogP contribution in [0.3, 0.4) is 0 Å². The van der Waals surface area contributed by atoms with E-state index in [4.69, 9.17) is 0 Å². The topological polar surface area (TPSA) is 0 Å². The van der Waals surface area contributed by atoms with Crippen LogP contribution in [0.2, 0.25) is 0 Å². The predicted octanol–water partition coefficient (Wildman–Crippen LogP) is 4.29. The summed E-state index contributed by atoms with van der Waals surface area (Å²) < 4.78 is 48.9. The summed E-state index contributed by atoms with van der Waals surface area (Å²) in [6.45, 7) is 3.46. The van der Waals surface area contributed by atoms with Gasteiger partial charge in [0.15, 0.2) is 0 Å². The van der Waals surface area contributed by atoms with Gasteiger partial charge < -0.3 is 0 Å². The van der Waals surface area contributed by atoms with Crippen LogP contribution >= 0.6 is 0 Å². The van der Waals surface area contributed by atoms with Crippen molar-refractivity contribution in [2.45, 2.75) is 18.8 Å². The van der Waals surface area contributed by atoms with E-state index in [0.29, 0.717) is 5.56 Å². The highest BCUT2D eigenvalue weighted by molar-refractivity contribution is 5.48. The van der Waals surface area contributed by atoms with Crippen LogP contribution in [0.25, 0.3) is 6.08 Å². The largest absolute Gasteiger partial charge is 0.392 e. The van der Waals surface area contributed by atoms with Gasteiger partial charge in [-0.05, 0) is 17.2 Å². The Hall–Kier alpha value is -1.32. The van der Waals surface area contributed by atoms with E-state index in [-0.39, 0.29) is 5.56 Å². The summed E-state index contributed by atoms with van der Waals surface area (Å²) in [5, 5.41) is 0. The molecule has 0 spiro atoms. The fourth-order valence-electron chi connectivity index (χ4n) is 1.20. The number of hydrogen-bond acceptors (Lipinski definition) is 0. The van der Waals surface area contributed by atoms with Gasteiger partial charge in [-0.2, -0.15) is 13.2 Å². The Labute approximate surface area is 85.2 Å². The average Bonchev–Trinajstić information content (AvgIpc) is 2.15.